The maximum Gasteiger partial charge on any atom is 0.0736 e. The average Bonchev–Trinajstić information content (AvgIpc) is 2.59. The number of fused-ring (bicyclic) bond motifs is 1. The second-order valence-electron chi connectivity index (χ2n) is 6.20. The van der Waals surface area contributed by atoms with E-state index in [0.29, 0.717) is 0 Å². The molecule has 2 heteroatoms. The number of allylic oxidation sites excluding steroid dienone is 3. The molecular weight excluding hydrogens is 244 g/mol. The van der Waals surface area contributed by atoms with E-state index < -0.39 is 0 Å². The highest BCUT2D eigenvalue weighted by atomic mass is 15.1. The zero-order valence-corrected chi connectivity index (χ0v) is 12.9. The van der Waals surface area contributed by atoms with Gasteiger partial charge in [0.25, 0.3) is 0 Å². The third-order valence-corrected chi connectivity index (χ3v) is 4.86. The van der Waals surface area contributed by atoms with Crippen molar-refractivity contribution in [3.05, 3.63) is 46.3 Å². The molecule has 3 rings (SSSR count). The summed E-state index contributed by atoms with van der Waals surface area (Å²) in [5, 5.41) is 0. The molecule has 20 heavy (non-hydrogen) atoms. The number of rotatable bonds is 0. The van der Waals surface area contributed by atoms with Crippen molar-refractivity contribution in [3.63, 3.8) is 0 Å². The van der Waals surface area contributed by atoms with Crippen LogP contribution < -0.4 is 0 Å². The molecule has 1 fully saturated rings. The number of pyridine rings is 1. The van der Waals surface area contributed by atoms with Gasteiger partial charge < -0.3 is 4.90 Å². The molecule has 106 valence electrons. The van der Waals surface area contributed by atoms with E-state index >= 15 is 0 Å². The van der Waals surface area contributed by atoms with Gasteiger partial charge in [-0.15, -0.1) is 0 Å². The highest BCUT2D eigenvalue weighted by Crippen LogP contribution is 2.37. The Morgan fingerprint density at radius 3 is 2.55 bits per heavy atom. The van der Waals surface area contributed by atoms with Gasteiger partial charge in [-0.2, -0.15) is 0 Å². The molecule has 2 aliphatic rings. The van der Waals surface area contributed by atoms with Crippen molar-refractivity contribution in [1.29, 1.82) is 0 Å². The monoisotopic (exact) mass is 268 g/mol. The van der Waals surface area contributed by atoms with E-state index in [1.54, 1.807) is 5.57 Å². The minimum atomic E-state index is 1.13. The van der Waals surface area contributed by atoms with Crippen molar-refractivity contribution in [2.75, 3.05) is 20.1 Å². The van der Waals surface area contributed by atoms with Crippen molar-refractivity contribution >= 4 is 5.57 Å². The van der Waals surface area contributed by atoms with E-state index in [4.69, 9.17) is 4.98 Å². The first-order chi connectivity index (χ1) is 9.66. The van der Waals surface area contributed by atoms with Crippen LogP contribution in [0.5, 0.6) is 0 Å². The van der Waals surface area contributed by atoms with E-state index in [2.05, 4.69) is 37.9 Å². The van der Waals surface area contributed by atoms with Crippen LogP contribution in [-0.2, 0) is 6.42 Å². The molecule has 2 nitrogen and oxygen atoms in total. The Kier molecular flexibility index (Phi) is 3.75. The summed E-state index contributed by atoms with van der Waals surface area (Å²) in [6.45, 7) is 6.93. The lowest BCUT2D eigenvalue weighted by atomic mass is 9.89. The minimum Gasteiger partial charge on any atom is -0.306 e. The molecule has 0 amide bonds. The molecule has 0 N–H and O–H groups in total. The first-order valence-corrected chi connectivity index (χ1v) is 7.68. The maximum absolute atomic E-state index is 4.73. The Hall–Kier alpha value is -1.41. The summed E-state index contributed by atoms with van der Waals surface area (Å²) in [6, 6.07) is 4.33. The summed E-state index contributed by atoms with van der Waals surface area (Å²) < 4.78 is 0. The summed E-state index contributed by atoms with van der Waals surface area (Å²) in [6.07, 6.45) is 6.62. The first-order valence-electron chi connectivity index (χ1n) is 7.68. The number of aromatic nitrogens is 1. The molecule has 1 aliphatic carbocycles. The molecule has 1 aromatic rings. The van der Waals surface area contributed by atoms with Crippen LogP contribution in [0, 0.1) is 0 Å². The van der Waals surface area contributed by atoms with Gasteiger partial charge >= 0.3 is 0 Å². The molecule has 0 bridgehead atoms. The van der Waals surface area contributed by atoms with Crippen LogP contribution in [0.3, 0.4) is 0 Å². The third-order valence-electron chi connectivity index (χ3n) is 4.86. The molecule has 1 saturated heterocycles. The molecule has 0 saturated carbocycles. The Labute approximate surface area is 122 Å². The molecule has 0 radical (unpaired) electrons. The fourth-order valence-corrected chi connectivity index (χ4v) is 3.34. The smallest absolute Gasteiger partial charge is 0.0736 e. The zero-order valence-electron chi connectivity index (χ0n) is 12.9. The first kappa shape index (κ1) is 13.6. The average molecular weight is 268 g/mol. The largest absolute Gasteiger partial charge is 0.306 e. The highest BCUT2D eigenvalue weighted by molar-refractivity contribution is 5.82. The van der Waals surface area contributed by atoms with E-state index in [1.165, 1.54) is 60.3 Å². The molecule has 2 heterocycles. The predicted octanol–water partition coefficient (Wildman–Crippen LogP) is 3.84. The Balaban J connectivity index is 2.14. The van der Waals surface area contributed by atoms with Crippen LogP contribution in [0.1, 0.15) is 44.4 Å². The van der Waals surface area contributed by atoms with Gasteiger partial charge in [0, 0.05) is 24.9 Å². The summed E-state index contributed by atoms with van der Waals surface area (Å²) in [7, 11) is 2.22. The SMILES string of the molecule is CC1=C(C)C(=C2CCN(C)CC2)c2ncccc2CC1. The topological polar surface area (TPSA) is 16.1 Å². The number of likely N-dealkylation sites (tertiary alicyclic amines) is 1. The Morgan fingerprint density at radius 2 is 1.80 bits per heavy atom. The van der Waals surface area contributed by atoms with Crippen LogP contribution in [0.15, 0.2) is 35.0 Å². The van der Waals surface area contributed by atoms with Gasteiger partial charge in [-0.3, -0.25) is 4.98 Å². The number of hydrogen-bond donors (Lipinski definition) is 0. The second-order valence-corrected chi connectivity index (χ2v) is 6.20. The quantitative estimate of drug-likeness (QED) is 0.710. The maximum atomic E-state index is 4.73. The van der Waals surface area contributed by atoms with Gasteiger partial charge in [-0.05, 0) is 63.8 Å². The lowest BCUT2D eigenvalue weighted by molar-refractivity contribution is 0.313. The molecule has 0 unspecified atom stereocenters. The van der Waals surface area contributed by atoms with Gasteiger partial charge in [-0.25, -0.2) is 0 Å². The fourth-order valence-electron chi connectivity index (χ4n) is 3.34. The summed E-state index contributed by atoms with van der Waals surface area (Å²) in [5.41, 5.74) is 8.75. The lowest BCUT2D eigenvalue weighted by Crippen LogP contribution is -2.27. The number of hydrogen-bond acceptors (Lipinski definition) is 2. The predicted molar refractivity (Wildman–Crippen MR) is 84.6 cm³/mol. The van der Waals surface area contributed by atoms with E-state index in [1.807, 2.05) is 6.20 Å². The number of aryl methyl sites for hydroxylation is 1. The van der Waals surface area contributed by atoms with E-state index in [-0.39, 0.29) is 0 Å². The summed E-state index contributed by atoms with van der Waals surface area (Å²) >= 11 is 0. The standard InChI is InChI=1S/C18H24N2/c1-13-6-7-16-5-4-10-19-18(16)17(14(13)2)15-8-11-20(3)12-9-15/h4-5,10H,6-9,11-12H2,1-3H3. The molecule has 1 aliphatic heterocycles. The van der Waals surface area contributed by atoms with Crippen LogP contribution in [-0.4, -0.2) is 30.0 Å². The molecule has 0 aromatic carbocycles. The van der Waals surface area contributed by atoms with Crippen LogP contribution in [0.2, 0.25) is 0 Å². The third kappa shape index (κ3) is 2.45. The van der Waals surface area contributed by atoms with Gasteiger partial charge in [0.2, 0.25) is 0 Å². The van der Waals surface area contributed by atoms with Crippen LogP contribution in [0.25, 0.3) is 5.57 Å². The normalized spacial score (nSPS) is 20.9. The van der Waals surface area contributed by atoms with Crippen molar-refractivity contribution in [3.8, 4) is 0 Å². The fraction of sp³-hybridized carbons (Fsp3) is 0.500. The van der Waals surface area contributed by atoms with E-state index in [0.717, 1.165) is 6.42 Å². The Bertz CT molecular complexity index is 571. The van der Waals surface area contributed by atoms with Gasteiger partial charge in [0.05, 0.1) is 5.69 Å². The van der Waals surface area contributed by atoms with Gasteiger partial charge in [-0.1, -0.05) is 17.2 Å². The molecule has 0 spiro atoms. The highest BCUT2D eigenvalue weighted by Gasteiger charge is 2.22. The van der Waals surface area contributed by atoms with Gasteiger partial charge in [0.1, 0.15) is 0 Å². The minimum absolute atomic E-state index is 1.13. The van der Waals surface area contributed by atoms with Crippen molar-refractivity contribution < 1.29 is 0 Å². The molecule has 1 aromatic heterocycles. The van der Waals surface area contributed by atoms with Crippen LogP contribution >= 0.6 is 0 Å². The zero-order chi connectivity index (χ0) is 14.1. The van der Waals surface area contributed by atoms with Crippen LogP contribution in [0.4, 0.5) is 0 Å². The lowest BCUT2D eigenvalue weighted by Gasteiger charge is -2.27. The second kappa shape index (κ2) is 5.53. The van der Waals surface area contributed by atoms with Crippen molar-refractivity contribution in [2.24, 2.45) is 0 Å². The van der Waals surface area contributed by atoms with E-state index in [9.17, 15) is 0 Å². The molecular formula is C18H24N2. The number of nitrogens with zero attached hydrogens (tertiary/aromatic N) is 2. The number of piperidine rings is 1. The summed E-state index contributed by atoms with van der Waals surface area (Å²) in [4.78, 5) is 7.16. The summed E-state index contributed by atoms with van der Waals surface area (Å²) in [5.74, 6) is 0. The Morgan fingerprint density at radius 1 is 1.05 bits per heavy atom. The van der Waals surface area contributed by atoms with Gasteiger partial charge in [0.15, 0.2) is 0 Å². The van der Waals surface area contributed by atoms with Crippen molar-refractivity contribution in [2.45, 2.75) is 39.5 Å². The van der Waals surface area contributed by atoms with Crippen molar-refractivity contribution in [1.82, 2.24) is 9.88 Å². The molecule has 0 atom stereocenters.